The molecular formula is C27H36N4O2. The maximum atomic E-state index is 12.2. The van der Waals surface area contributed by atoms with Gasteiger partial charge in [0.1, 0.15) is 0 Å². The van der Waals surface area contributed by atoms with E-state index in [-0.39, 0.29) is 17.4 Å². The highest BCUT2D eigenvalue weighted by molar-refractivity contribution is 5.94. The van der Waals surface area contributed by atoms with Gasteiger partial charge in [0.05, 0.1) is 6.04 Å². The fraction of sp³-hybridized carbons (Fsp3) is 0.444. The molecule has 1 unspecified atom stereocenters. The highest BCUT2D eigenvalue weighted by Crippen LogP contribution is 2.29. The van der Waals surface area contributed by atoms with Crippen LogP contribution < -0.4 is 10.6 Å². The number of benzene rings is 2. The lowest BCUT2D eigenvalue weighted by molar-refractivity contribution is 0.0953. The molecule has 6 heteroatoms. The lowest BCUT2D eigenvalue weighted by Gasteiger charge is -2.23. The van der Waals surface area contributed by atoms with Crippen molar-refractivity contribution in [1.29, 1.82) is 0 Å². The van der Waals surface area contributed by atoms with Crippen LogP contribution in [0.4, 0.5) is 5.69 Å². The summed E-state index contributed by atoms with van der Waals surface area (Å²) in [4.78, 5) is 16.7. The zero-order valence-electron chi connectivity index (χ0n) is 20.6. The monoisotopic (exact) mass is 448 g/mol. The molecule has 1 heterocycles. The van der Waals surface area contributed by atoms with Gasteiger partial charge in [0.2, 0.25) is 11.7 Å². The number of carbonyl (C=O) groups excluding carboxylic acids is 1. The number of hydrogen-bond donors (Lipinski definition) is 2. The smallest absolute Gasteiger partial charge is 0.251 e. The molecule has 0 fully saturated rings. The third-order valence-electron chi connectivity index (χ3n) is 5.37. The summed E-state index contributed by atoms with van der Waals surface area (Å²) in [5, 5.41) is 10.7. The van der Waals surface area contributed by atoms with Crippen molar-refractivity contribution in [2.75, 3.05) is 11.9 Å². The van der Waals surface area contributed by atoms with Gasteiger partial charge in [0.15, 0.2) is 0 Å². The normalized spacial score (nSPS) is 12.6. The lowest BCUT2D eigenvalue weighted by atomic mass is 9.95. The number of carbonyl (C=O) groups is 1. The first kappa shape index (κ1) is 24.5. The molecule has 0 saturated heterocycles. The van der Waals surface area contributed by atoms with Crippen molar-refractivity contribution < 1.29 is 9.32 Å². The van der Waals surface area contributed by atoms with Crippen LogP contribution in [0.2, 0.25) is 0 Å². The van der Waals surface area contributed by atoms with Gasteiger partial charge in [0, 0.05) is 28.8 Å². The fourth-order valence-corrected chi connectivity index (χ4v) is 3.52. The second kappa shape index (κ2) is 10.6. The summed E-state index contributed by atoms with van der Waals surface area (Å²) in [5.74, 6) is 1.73. The summed E-state index contributed by atoms with van der Waals surface area (Å²) in [6.45, 7) is 13.3. The molecule has 6 nitrogen and oxygen atoms in total. The molecule has 0 radical (unpaired) electrons. The van der Waals surface area contributed by atoms with E-state index >= 15 is 0 Å². The first-order valence-corrected chi connectivity index (χ1v) is 11.8. The largest absolute Gasteiger partial charge is 0.378 e. The Labute approximate surface area is 197 Å². The molecule has 0 saturated carbocycles. The molecule has 2 N–H and O–H groups in total. The van der Waals surface area contributed by atoms with E-state index in [4.69, 9.17) is 4.52 Å². The molecule has 0 spiro atoms. The first-order chi connectivity index (χ1) is 15.7. The van der Waals surface area contributed by atoms with E-state index in [2.05, 4.69) is 67.5 Å². The maximum Gasteiger partial charge on any atom is 0.251 e. The van der Waals surface area contributed by atoms with E-state index < -0.39 is 0 Å². The van der Waals surface area contributed by atoms with E-state index in [0.717, 1.165) is 24.1 Å². The molecule has 3 aromatic rings. The topological polar surface area (TPSA) is 80.0 Å². The highest BCUT2D eigenvalue weighted by atomic mass is 16.5. The third kappa shape index (κ3) is 6.67. The molecule has 1 amide bonds. The van der Waals surface area contributed by atoms with Crippen LogP contribution >= 0.6 is 0 Å². The number of aromatic nitrogens is 2. The number of hydrogen-bond acceptors (Lipinski definition) is 5. The molecule has 2 aromatic carbocycles. The van der Waals surface area contributed by atoms with Crippen LogP contribution in [0.1, 0.15) is 82.2 Å². The molecule has 0 aliphatic rings. The molecule has 0 bridgehead atoms. The Morgan fingerprint density at radius 1 is 1.03 bits per heavy atom. The fourth-order valence-electron chi connectivity index (χ4n) is 3.52. The number of amides is 1. The molecule has 0 aliphatic carbocycles. The van der Waals surface area contributed by atoms with Gasteiger partial charge >= 0.3 is 0 Å². The van der Waals surface area contributed by atoms with Gasteiger partial charge < -0.3 is 15.2 Å². The number of anilines is 1. The van der Waals surface area contributed by atoms with Crippen molar-refractivity contribution in [2.45, 2.75) is 65.8 Å². The number of rotatable bonds is 9. The average molecular weight is 449 g/mol. The second-order valence-electron chi connectivity index (χ2n) is 9.95. The van der Waals surface area contributed by atoms with E-state index in [1.165, 1.54) is 5.56 Å². The molecule has 1 aromatic heterocycles. The molecule has 176 valence electrons. The Morgan fingerprint density at radius 3 is 2.24 bits per heavy atom. The molecule has 33 heavy (non-hydrogen) atoms. The van der Waals surface area contributed by atoms with Crippen molar-refractivity contribution >= 4 is 11.6 Å². The predicted molar refractivity (Wildman–Crippen MR) is 133 cm³/mol. The Balaban J connectivity index is 1.75. The standard InChI is InChI=1S/C27H36N4O2/c1-7-16-28-25(32)21-12-14-22(15-13-21)29-23(17-18(2)3)19-8-10-20(11-9-19)24-30-26(33-31-24)27(4,5)6/h8-15,18,23,29H,7,16-17H2,1-6H3,(H,28,32). The second-order valence-corrected chi connectivity index (χ2v) is 9.95. The summed E-state index contributed by atoms with van der Waals surface area (Å²) < 4.78 is 5.44. The van der Waals surface area contributed by atoms with E-state index in [1.54, 1.807) is 0 Å². The van der Waals surface area contributed by atoms with Crippen molar-refractivity contribution in [3.05, 3.63) is 65.5 Å². The zero-order chi connectivity index (χ0) is 24.0. The molecule has 0 aliphatic heterocycles. The van der Waals surface area contributed by atoms with Gasteiger partial charge in [-0.3, -0.25) is 4.79 Å². The van der Waals surface area contributed by atoms with Gasteiger partial charge in [-0.15, -0.1) is 0 Å². The molecule has 3 rings (SSSR count). The number of nitrogens with zero attached hydrogens (tertiary/aromatic N) is 2. The lowest BCUT2D eigenvalue weighted by Crippen LogP contribution is -2.23. The molecular weight excluding hydrogens is 412 g/mol. The van der Waals surface area contributed by atoms with Gasteiger partial charge in [-0.1, -0.05) is 71.0 Å². The van der Waals surface area contributed by atoms with Crippen molar-refractivity contribution in [1.82, 2.24) is 15.5 Å². The summed E-state index contributed by atoms with van der Waals surface area (Å²) in [6, 6.07) is 16.1. The SMILES string of the molecule is CCCNC(=O)c1ccc(NC(CC(C)C)c2ccc(-c3noc(C(C)(C)C)n3)cc2)cc1. The Morgan fingerprint density at radius 2 is 1.70 bits per heavy atom. The Kier molecular flexibility index (Phi) is 7.90. The van der Waals surface area contributed by atoms with Crippen LogP contribution in [0.15, 0.2) is 53.1 Å². The van der Waals surface area contributed by atoms with Crippen molar-refractivity contribution in [3.8, 4) is 11.4 Å². The summed E-state index contributed by atoms with van der Waals surface area (Å²) in [7, 11) is 0. The Hall–Kier alpha value is -3.15. The van der Waals surface area contributed by atoms with Gasteiger partial charge in [-0.05, 0) is 48.6 Å². The minimum absolute atomic E-state index is 0.0335. The van der Waals surface area contributed by atoms with Crippen LogP contribution in [0.3, 0.4) is 0 Å². The highest BCUT2D eigenvalue weighted by Gasteiger charge is 2.22. The van der Waals surface area contributed by atoms with Gasteiger partial charge in [-0.25, -0.2) is 0 Å². The zero-order valence-corrected chi connectivity index (χ0v) is 20.6. The predicted octanol–water partition coefficient (Wildman–Crippen LogP) is 6.37. The van der Waals surface area contributed by atoms with Crippen molar-refractivity contribution in [2.24, 2.45) is 5.92 Å². The van der Waals surface area contributed by atoms with Gasteiger partial charge in [0.25, 0.3) is 5.91 Å². The van der Waals surface area contributed by atoms with E-state index in [9.17, 15) is 4.79 Å². The first-order valence-electron chi connectivity index (χ1n) is 11.8. The minimum atomic E-state index is -0.177. The maximum absolute atomic E-state index is 12.2. The number of nitrogens with one attached hydrogen (secondary N) is 2. The summed E-state index contributed by atoms with van der Waals surface area (Å²) in [6.07, 6.45) is 1.90. The molecule has 1 atom stereocenters. The van der Waals surface area contributed by atoms with E-state index in [1.807, 2.05) is 43.3 Å². The quantitative estimate of drug-likeness (QED) is 0.397. The van der Waals surface area contributed by atoms with Crippen LogP contribution in [-0.2, 0) is 5.41 Å². The van der Waals surface area contributed by atoms with Crippen LogP contribution in [0, 0.1) is 5.92 Å². The summed E-state index contributed by atoms with van der Waals surface area (Å²) >= 11 is 0. The Bertz CT molecular complexity index is 1030. The minimum Gasteiger partial charge on any atom is -0.378 e. The van der Waals surface area contributed by atoms with Crippen LogP contribution in [-0.4, -0.2) is 22.6 Å². The third-order valence-corrected chi connectivity index (χ3v) is 5.37. The van der Waals surface area contributed by atoms with E-state index in [0.29, 0.717) is 29.7 Å². The van der Waals surface area contributed by atoms with Crippen LogP contribution in [0.5, 0.6) is 0 Å². The van der Waals surface area contributed by atoms with Crippen molar-refractivity contribution in [3.63, 3.8) is 0 Å². The van der Waals surface area contributed by atoms with Gasteiger partial charge in [-0.2, -0.15) is 4.98 Å². The van der Waals surface area contributed by atoms with Crippen LogP contribution in [0.25, 0.3) is 11.4 Å². The average Bonchev–Trinajstić information content (AvgIpc) is 3.28. The summed E-state index contributed by atoms with van der Waals surface area (Å²) in [5.41, 5.74) is 3.61.